The van der Waals surface area contributed by atoms with Crippen LogP contribution < -0.4 is 24.8 Å². The maximum atomic E-state index is 13.0. The average Bonchev–Trinajstić information content (AvgIpc) is 2.79. The van der Waals surface area contributed by atoms with Gasteiger partial charge in [0.2, 0.25) is 0 Å². The fraction of sp³-hybridized carbons (Fsp3) is 0.174. The number of alkyl halides is 6. The van der Waals surface area contributed by atoms with Gasteiger partial charge in [0.05, 0.1) is 25.3 Å². The number of amides is 2. The molecule has 0 aliphatic rings. The van der Waals surface area contributed by atoms with Gasteiger partial charge in [-0.1, -0.05) is 0 Å². The zero-order valence-corrected chi connectivity index (χ0v) is 18.2. The number of rotatable bonds is 6. The molecule has 2 N–H and O–H groups in total. The van der Waals surface area contributed by atoms with Gasteiger partial charge in [0.1, 0.15) is 11.5 Å². The monoisotopic (exact) mass is 500 g/mol. The lowest BCUT2D eigenvalue weighted by molar-refractivity contribution is -0.143. The van der Waals surface area contributed by atoms with Crippen LogP contribution in [-0.4, -0.2) is 20.3 Å². The van der Waals surface area contributed by atoms with Gasteiger partial charge in [0.15, 0.2) is 11.5 Å². The van der Waals surface area contributed by atoms with Crippen molar-refractivity contribution in [2.75, 3.05) is 24.9 Å². The molecule has 0 aliphatic carbocycles. The summed E-state index contributed by atoms with van der Waals surface area (Å²) in [6.07, 6.45) is -10.1. The molecule has 186 valence electrons. The highest BCUT2D eigenvalue weighted by Gasteiger charge is 2.37. The summed E-state index contributed by atoms with van der Waals surface area (Å²) in [5.74, 6) is 1.78. The number of anilines is 2. The van der Waals surface area contributed by atoms with Gasteiger partial charge in [-0.3, -0.25) is 0 Å². The first-order valence-corrected chi connectivity index (χ1v) is 9.76. The summed E-state index contributed by atoms with van der Waals surface area (Å²) in [5, 5.41) is 4.31. The maximum Gasteiger partial charge on any atom is 0.416 e. The molecule has 0 saturated heterocycles. The Morgan fingerprint density at radius 1 is 0.657 bits per heavy atom. The Balaban J connectivity index is 1.69. The van der Waals surface area contributed by atoms with Gasteiger partial charge in [-0.15, -0.1) is 0 Å². The first-order valence-electron chi connectivity index (χ1n) is 9.76. The number of urea groups is 1. The van der Waals surface area contributed by atoms with Crippen LogP contribution in [0.4, 0.5) is 42.5 Å². The number of benzene rings is 3. The maximum absolute atomic E-state index is 13.0. The molecule has 0 aliphatic heterocycles. The van der Waals surface area contributed by atoms with Crippen LogP contribution in [0, 0.1) is 0 Å². The van der Waals surface area contributed by atoms with E-state index < -0.39 is 35.2 Å². The molecule has 0 bridgehead atoms. The van der Waals surface area contributed by atoms with Crippen LogP contribution >= 0.6 is 0 Å². The molecule has 0 spiro atoms. The molecule has 2 amide bonds. The third-order valence-electron chi connectivity index (χ3n) is 4.55. The van der Waals surface area contributed by atoms with Crippen LogP contribution in [0.3, 0.4) is 0 Å². The third-order valence-corrected chi connectivity index (χ3v) is 4.55. The highest BCUT2D eigenvalue weighted by Crippen LogP contribution is 2.38. The minimum atomic E-state index is -5.03. The van der Waals surface area contributed by atoms with Crippen LogP contribution in [0.25, 0.3) is 0 Å². The molecule has 0 unspecified atom stereocenters. The van der Waals surface area contributed by atoms with Crippen molar-refractivity contribution in [2.45, 2.75) is 12.4 Å². The van der Waals surface area contributed by atoms with Gasteiger partial charge in [0.25, 0.3) is 0 Å². The molecular formula is C23H18F6N2O4. The number of methoxy groups -OCH3 is 2. The Hall–Kier alpha value is -4.09. The number of ether oxygens (including phenoxy) is 3. The van der Waals surface area contributed by atoms with E-state index in [9.17, 15) is 31.1 Å². The quantitative estimate of drug-likeness (QED) is 0.352. The van der Waals surface area contributed by atoms with Gasteiger partial charge >= 0.3 is 18.4 Å². The molecule has 6 nitrogen and oxygen atoms in total. The Morgan fingerprint density at radius 3 is 1.69 bits per heavy atom. The van der Waals surface area contributed by atoms with Crippen molar-refractivity contribution in [3.8, 4) is 23.0 Å². The number of halogens is 6. The standard InChI is InChI=1S/C23H18F6N2O4/c1-33-19-8-7-18(12-20(19)34-2)35-17-5-3-15(4-6-17)30-21(32)31-16-10-13(22(24,25)26)9-14(11-16)23(27,28)29/h3-12H,1-2H3,(H2,30,31,32). The molecule has 35 heavy (non-hydrogen) atoms. The topological polar surface area (TPSA) is 68.8 Å². The Bertz CT molecular complexity index is 1160. The van der Waals surface area contributed by atoms with Crippen LogP contribution in [0.5, 0.6) is 23.0 Å². The van der Waals surface area contributed by atoms with Crippen LogP contribution in [0.2, 0.25) is 0 Å². The van der Waals surface area contributed by atoms with E-state index in [4.69, 9.17) is 14.2 Å². The Labute approximate surface area is 195 Å². The van der Waals surface area contributed by atoms with E-state index in [1.165, 1.54) is 38.5 Å². The minimum absolute atomic E-state index is 0.0276. The van der Waals surface area contributed by atoms with E-state index in [-0.39, 0.29) is 11.8 Å². The zero-order valence-electron chi connectivity index (χ0n) is 18.2. The lowest BCUT2D eigenvalue weighted by Gasteiger charge is -2.15. The van der Waals surface area contributed by atoms with Crippen molar-refractivity contribution in [3.05, 3.63) is 71.8 Å². The molecule has 0 heterocycles. The van der Waals surface area contributed by atoms with Crippen LogP contribution in [0.1, 0.15) is 11.1 Å². The van der Waals surface area contributed by atoms with Crippen molar-refractivity contribution in [2.24, 2.45) is 0 Å². The second-order valence-electron chi connectivity index (χ2n) is 7.02. The van der Waals surface area contributed by atoms with Crippen molar-refractivity contribution in [1.29, 1.82) is 0 Å². The van der Waals surface area contributed by atoms with Gasteiger partial charge in [-0.05, 0) is 54.6 Å². The molecule has 0 saturated carbocycles. The minimum Gasteiger partial charge on any atom is -0.493 e. The van der Waals surface area contributed by atoms with Crippen LogP contribution in [-0.2, 0) is 12.4 Å². The SMILES string of the molecule is COc1ccc(Oc2ccc(NC(=O)Nc3cc(C(F)(F)F)cc(C(F)(F)F)c3)cc2)cc1OC. The predicted octanol–water partition coefficient (Wildman–Crippen LogP) is 7.18. The summed E-state index contributed by atoms with van der Waals surface area (Å²) in [5.41, 5.74) is -3.54. The molecule has 0 atom stereocenters. The lowest BCUT2D eigenvalue weighted by Crippen LogP contribution is -2.20. The number of hydrogen-bond acceptors (Lipinski definition) is 4. The number of carbonyl (C=O) groups excluding carboxylic acids is 1. The third kappa shape index (κ3) is 6.71. The summed E-state index contributed by atoms with van der Waals surface area (Å²) in [6, 6.07) is 10.5. The lowest BCUT2D eigenvalue weighted by atomic mass is 10.1. The Morgan fingerprint density at radius 2 is 1.17 bits per heavy atom. The van der Waals surface area contributed by atoms with Gasteiger partial charge in [-0.25, -0.2) is 4.79 Å². The fourth-order valence-electron chi connectivity index (χ4n) is 2.94. The molecule has 12 heteroatoms. The van der Waals surface area contributed by atoms with Crippen molar-refractivity contribution in [1.82, 2.24) is 0 Å². The smallest absolute Gasteiger partial charge is 0.416 e. The molecule has 0 fully saturated rings. The first-order chi connectivity index (χ1) is 16.4. The van der Waals surface area contributed by atoms with E-state index in [1.54, 1.807) is 18.2 Å². The van der Waals surface area contributed by atoms with E-state index in [2.05, 4.69) is 5.32 Å². The summed E-state index contributed by atoms with van der Waals surface area (Å²) >= 11 is 0. The number of carbonyl (C=O) groups is 1. The molecule has 3 aromatic rings. The second kappa shape index (κ2) is 10.0. The fourth-order valence-corrected chi connectivity index (χ4v) is 2.94. The molecule has 0 aromatic heterocycles. The predicted molar refractivity (Wildman–Crippen MR) is 115 cm³/mol. The zero-order chi connectivity index (χ0) is 25.8. The van der Waals surface area contributed by atoms with Crippen LogP contribution in [0.15, 0.2) is 60.7 Å². The Kier molecular flexibility index (Phi) is 7.32. The van der Waals surface area contributed by atoms with Gasteiger partial charge in [0, 0.05) is 17.4 Å². The molecule has 0 radical (unpaired) electrons. The highest BCUT2D eigenvalue weighted by atomic mass is 19.4. The normalized spacial score (nSPS) is 11.5. The van der Waals surface area contributed by atoms with E-state index in [1.807, 2.05) is 5.32 Å². The number of hydrogen-bond donors (Lipinski definition) is 2. The van der Waals surface area contributed by atoms with Crippen molar-refractivity contribution >= 4 is 17.4 Å². The molecular weight excluding hydrogens is 482 g/mol. The summed E-state index contributed by atoms with van der Waals surface area (Å²) in [7, 11) is 2.96. The highest BCUT2D eigenvalue weighted by molar-refractivity contribution is 5.99. The number of nitrogens with one attached hydrogen (secondary N) is 2. The van der Waals surface area contributed by atoms with E-state index in [0.29, 0.717) is 35.1 Å². The average molecular weight is 500 g/mol. The first kappa shape index (κ1) is 25.5. The molecule has 3 rings (SSSR count). The summed E-state index contributed by atoms with van der Waals surface area (Å²) in [4.78, 5) is 12.2. The van der Waals surface area contributed by atoms with E-state index >= 15 is 0 Å². The summed E-state index contributed by atoms with van der Waals surface area (Å²) < 4.78 is 93.9. The largest absolute Gasteiger partial charge is 0.493 e. The second-order valence-corrected chi connectivity index (χ2v) is 7.02. The van der Waals surface area contributed by atoms with Crippen molar-refractivity contribution in [3.63, 3.8) is 0 Å². The van der Waals surface area contributed by atoms with Gasteiger partial charge < -0.3 is 24.8 Å². The molecule has 3 aromatic carbocycles. The summed E-state index contributed by atoms with van der Waals surface area (Å²) in [6.45, 7) is 0. The van der Waals surface area contributed by atoms with E-state index in [0.717, 1.165) is 0 Å². The van der Waals surface area contributed by atoms with Gasteiger partial charge in [-0.2, -0.15) is 26.3 Å². The van der Waals surface area contributed by atoms with Crippen molar-refractivity contribution < 1.29 is 45.3 Å².